The minimum atomic E-state index is -0.499. The van der Waals surface area contributed by atoms with Gasteiger partial charge in [0.2, 0.25) is 0 Å². The van der Waals surface area contributed by atoms with Crippen LogP contribution in [0.3, 0.4) is 0 Å². The SMILES string of the molecule is COC(=O)C(C)CN(C)c1ccc(Cl)cc1[N+](=O)[O-]. The minimum absolute atomic E-state index is 0.0907. The first-order valence-corrected chi connectivity index (χ1v) is 5.97. The third kappa shape index (κ3) is 3.82. The van der Waals surface area contributed by atoms with Crippen LogP contribution in [0.15, 0.2) is 18.2 Å². The Morgan fingerprint density at radius 2 is 2.21 bits per heavy atom. The van der Waals surface area contributed by atoms with Gasteiger partial charge in [-0.15, -0.1) is 0 Å². The minimum Gasteiger partial charge on any atom is -0.469 e. The Morgan fingerprint density at radius 1 is 1.58 bits per heavy atom. The molecule has 7 heteroatoms. The highest BCUT2D eigenvalue weighted by atomic mass is 35.5. The predicted octanol–water partition coefficient (Wildman–Crippen LogP) is 2.49. The van der Waals surface area contributed by atoms with Crippen LogP contribution in [0, 0.1) is 16.0 Å². The van der Waals surface area contributed by atoms with E-state index in [0.29, 0.717) is 17.3 Å². The Morgan fingerprint density at radius 3 is 2.74 bits per heavy atom. The van der Waals surface area contributed by atoms with Crippen molar-refractivity contribution in [1.29, 1.82) is 0 Å². The molecule has 0 heterocycles. The molecule has 0 radical (unpaired) electrons. The van der Waals surface area contributed by atoms with Crippen molar-refractivity contribution in [2.75, 3.05) is 25.6 Å². The van der Waals surface area contributed by atoms with E-state index in [-0.39, 0.29) is 17.6 Å². The summed E-state index contributed by atoms with van der Waals surface area (Å²) in [4.78, 5) is 23.5. The molecule has 0 N–H and O–H groups in total. The second kappa shape index (κ2) is 6.38. The summed E-state index contributed by atoms with van der Waals surface area (Å²) in [5.74, 6) is -0.742. The monoisotopic (exact) mass is 286 g/mol. The van der Waals surface area contributed by atoms with Gasteiger partial charge in [-0.3, -0.25) is 14.9 Å². The van der Waals surface area contributed by atoms with Gasteiger partial charge in [0.25, 0.3) is 5.69 Å². The summed E-state index contributed by atoms with van der Waals surface area (Å²) in [6.45, 7) is 2.01. The van der Waals surface area contributed by atoms with Crippen LogP contribution in [0.2, 0.25) is 5.02 Å². The van der Waals surface area contributed by atoms with E-state index in [2.05, 4.69) is 4.74 Å². The number of carbonyl (C=O) groups is 1. The zero-order valence-electron chi connectivity index (χ0n) is 10.9. The summed E-state index contributed by atoms with van der Waals surface area (Å²) in [5, 5.41) is 11.3. The van der Waals surface area contributed by atoms with Gasteiger partial charge >= 0.3 is 5.97 Å². The Balaban J connectivity index is 2.96. The zero-order valence-corrected chi connectivity index (χ0v) is 11.7. The highest BCUT2D eigenvalue weighted by Crippen LogP contribution is 2.30. The van der Waals surface area contributed by atoms with E-state index in [0.717, 1.165) is 0 Å². The van der Waals surface area contributed by atoms with Gasteiger partial charge in [0.05, 0.1) is 18.0 Å². The van der Waals surface area contributed by atoms with Crippen molar-refractivity contribution in [3.8, 4) is 0 Å². The van der Waals surface area contributed by atoms with Crippen molar-refractivity contribution in [3.05, 3.63) is 33.3 Å². The summed E-state index contributed by atoms with van der Waals surface area (Å²) in [6, 6.07) is 4.42. The first-order valence-electron chi connectivity index (χ1n) is 5.59. The van der Waals surface area contributed by atoms with Crippen molar-refractivity contribution >= 4 is 28.9 Å². The lowest BCUT2D eigenvalue weighted by Gasteiger charge is -2.22. The molecule has 0 fully saturated rings. The molecule has 0 amide bonds. The van der Waals surface area contributed by atoms with Crippen LogP contribution in [-0.4, -0.2) is 31.6 Å². The highest BCUT2D eigenvalue weighted by Gasteiger charge is 2.21. The maximum absolute atomic E-state index is 11.3. The molecule has 0 aromatic heterocycles. The molecule has 1 aromatic carbocycles. The average molecular weight is 287 g/mol. The molecule has 0 aliphatic carbocycles. The maximum atomic E-state index is 11.3. The van der Waals surface area contributed by atoms with Crippen LogP contribution in [0.5, 0.6) is 0 Å². The van der Waals surface area contributed by atoms with E-state index in [1.165, 1.54) is 13.2 Å². The first kappa shape index (κ1) is 15.2. The lowest BCUT2D eigenvalue weighted by Crippen LogP contribution is -2.29. The summed E-state index contributed by atoms with van der Waals surface area (Å²) in [7, 11) is 2.99. The molecule has 0 aliphatic rings. The van der Waals surface area contributed by atoms with Gasteiger partial charge < -0.3 is 9.64 Å². The Hall–Kier alpha value is -1.82. The number of nitrogens with zero attached hydrogens (tertiary/aromatic N) is 2. The Kier molecular flexibility index (Phi) is 5.11. The quantitative estimate of drug-likeness (QED) is 0.472. The van der Waals surface area contributed by atoms with E-state index in [9.17, 15) is 14.9 Å². The van der Waals surface area contributed by atoms with Crippen molar-refractivity contribution in [3.63, 3.8) is 0 Å². The zero-order chi connectivity index (χ0) is 14.6. The molecule has 0 spiro atoms. The lowest BCUT2D eigenvalue weighted by molar-refractivity contribution is -0.384. The molecule has 0 bridgehead atoms. The molecule has 19 heavy (non-hydrogen) atoms. The van der Waals surface area contributed by atoms with Crippen molar-refractivity contribution in [1.82, 2.24) is 0 Å². The number of hydrogen-bond acceptors (Lipinski definition) is 5. The largest absolute Gasteiger partial charge is 0.469 e. The number of halogens is 1. The second-order valence-corrected chi connectivity index (χ2v) is 4.63. The summed E-state index contributed by atoms with van der Waals surface area (Å²) >= 11 is 5.75. The van der Waals surface area contributed by atoms with Gasteiger partial charge in [0, 0.05) is 24.7 Å². The maximum Gasteiger partial charge on any atom is 0.310 e. The van der Waals surface area contributed by atoms with Crippen molar-refractivity contribution in [2.24, 2.45) is 5.92 Å². The fourth-order valence-corrected chi connectivity index (χ4v) is 1.92. The average Bonchev–Trinajstić information content (AvgIpc) is 2.37. The number of esters is 1. The summed E-state index contributed by atoms with van der Waals surface area (Å²) < 4.78 is 4.62. The summed E-state index contributed by atoms with van der Waals surface area (Å²) in [5.41, 5.74) is 0.317. The third-order valence-electron chi connectivity index (χ3n) is 2.70. The van der Waals surface area contributed by atoms with E-state index >= 15 is 0 Å². The Bertz CT molecular complexity index is 493. The third-order valence-corrected chi connectivity index (χ3v) is 2.93. The molecule has 1 rings (SSSR count). The van der Waals surface area contributed by atoms with Crippen LogP contribution in [0.4, 0.5) is 11.4 Å². The molecule has 1 aromatic rings. The summed E-state index contributed by atoms with van der Waals surface area (Å²) in [6.07, 6.45) is 0. The molecule has 0 saturated heterocycles. The van der Waals surface area contributed by atoms with E-state index < -0.39 is 4.92 Å². The van der Waals surface area contributed by atoms with Gasteiger partial charge in [-0.05, 0) is 12.1 Å². The smallest absolute Gasteiger partial charge is 0.310 e. The molecule has 104 valence electrons. The van der Waals surface area contributed by atoms with Gasteiger partial charge in [-0.1, -0.05) is 18.5 Å². The topological polar surface area (TPSA) is 72.7 Å². The van der Waals surface area contributed by atoms with Crippen molar-refractivity contribution in [2.45, 2.75) is 6.92 Å². The second-order valence-electron chi connectivity index (χ2n) is 4.19. The molecule has 0 saturated carbocycles. The van der Waals surface area contributed by atoms with Crippen LogP contribution < -0.4 is 4.90 Å². The molecule has 6 nitrogen and oxygen atoms in total. The van der Waals surface area contributed by atoms with Gasteiger partial charge in [-0.25, -0.2) is 0 Å². The van der Waals surface area contributed by atoms with E-state index in [4.69, 9.17) is 11.6 Å². The highest BCUT2D eigenvalue weighted by molar-refractivity contribution is 6.30. The number of methoxy groups -OCH3 is 1. The number of anilines is 1. The fourth-order valence-electron chi connectivity index (χ4n) is 1.75. The van der Waals surface area contributed by atoms with Crippen LogP contribution in [0.25, 0.3) is 0 Å². The van der Waals surface area contributed by atoms with Crippen molar-refractivity contribution < 1.29 is 14.5 Å². The molecule has 1 atom stereocenters. The molecular formula is C12H15ClN2O4. The standard InChI is InChI=1S/C12H15ClN2O4/c1-8(12(16)19-3)7-14(2)10-5-4-9(13)6-11(10)15(17)18/h4-6,8H,7H2,1-3H3. The van der Waals surface area contributed by atoms with E-state index in [1.807, 2.05) is 0 Å². The van der Waals surface area contributed by atoms with Crippen LogP contribution in [0.1, 0.15) is 6.92 Å². The lowest BCUT2D eigenvalue weighted by atomic mass is 10.1. The normalized spacial score (nSPS) is 11.8. The van der Waals surface area contributed by atoms with Gasteiger partial charge in [-0.2, -0.15) is 0 Å². The number of rotatable bonds is 5. The molecule has 0 aliphatic heterocycles. The van der Waals surface area contributed by atoms with Gasteiger partial charge in [0.15, 0.2) is 0 Å². The number of carbonyl (C=O) groups excluding carboxylic acids is 1. The number of nitro groups is 1. The predicted molar refractivity (Wildman–Crippen MR) is 72.6 cm³/mol. The molecular weight excluding hydrogens is 272 g/mol. The number of benzene rings is 1. The van der Waals surface area contributed by atoms with Gasteiger partial charge in [0.1, 0.15) is 5.69 Å². The first-order chi connectivity index (χ1) is 8.86. The molecule has 1 unspecified atom stereocenters. The van der Waals surface area contributed by atoms with E-state index in [1.54, 1.807) is 31.0 Å². The van der Waals surface area contributed by atoms with Crippen LogP contribution >= 0.6 is 11.6 Å². The number of hydrogen-bond donors (Lipinski definition) is 0. The number of ether oxygens (including phenoxy) is 1. The fraction of sp³-hybridized carbons (Fsp3) is 0.417. The Labute approximate surface area is 116 Å². The van der Waals surface area contributed by atoms with Crippen LogP contribution in [-0.2, 0) is 9.53 Å². The number of nitro benzene ring substituents is 1.